The van der Waals surface area contributed by atoms with Gasteiger partial charge in [0.25, 0.3) is 0 Å². The third-order valence-corrected chi connectivity index (χ3v) is 8.75. The van der Waals surface area contributed by atoms with Gasteiger partial charge in [0.15, 0.2) is 0 Å². The Morgan fingerprint density at radius 3 is 2.53 bits per heavy atom. The number of hydrogen-bond acceptors (Lipinski definition) is 10. The smallest absolute Gasteiger partial charge is 0.141 e. The first kappa shape index (κ1) is 30.9. The van der Waals surface area contributed by atoms with Gasteiger partial charge in [-0.1, -0.05) is 28.4 Å². The van der Waals surface area contributed by atoms with Crippen molar-refractivity contribution in [1.82, 2.24) is 40.8 Å². The molecule has 11 nitrogen and oxygen atoms in total. The summed E-state index contributed by atoms with van der Waals surface area (Å²) in [6.07, 6.45) is 7.37. The Kier molecular flexibility index (Phi) is 8.45. The van der Waals surface area contributed by atoms with E-state index in [1.165, 1.54) is 18.3 Å². The monoisotopic (exact) mass is 649 g/mol. The minimum atomic E-state index is -0.537. The number of nitrogens with one attached hydrogen (secondary N) is 4. The van der Waals surface area contributed by atoms with Gasteiger partial charge in [-0.2, -0.15) is 5.26 Å². The van der Waals surface area contributed by atoms with E-state index in [4.69, 9.17) is 23.2 Å². The van der Waals surface area contributed by atoms with Gasteiger partial charge in [-0.05, 0) is 63.9 Å². The first-order valence-electron chi connectivity index (χ1n) is 14.6. The molecule has 0 saturated carbocycles. The minimum Gasteiger partial charge on any atom is -0.371 e. The number of halogens is 3. The Labute approximate surface area is 270 Å². The van der Waals surface area contributed by atoms with E-state index in [0.29, 0.717) is 38.6 Å². The number of nitrogens with zero attached hydrogens (tertiary/aromatic N) is 7. The highest BCUT2D eigenvalue weighted by molar-refractivity contribution is 6.36. The van der Waals surface area contributed by atoms with Crippen molar-refractivity contribution in [2.24, 2.45) is 0 Å². The van der Waals surface area contributed by atoms with E-state index in [2.05, 4.69) is 68.6 Å². The molecule has 1 unspecified atom stereocenters. The average Bonchev–Trinajstić information content (AvgIpc) is 3.67. The van der Waals surface area contributed by atoms with Crippen LogP contribution in [0.2, 0.25) is 10.0 Å². The number of rotatable bonds is 7. The number of hydrogen-bond donors (Lipinski definition) is 4. The van der Waals surface area contributed by atoms with E-state index in [9.17, 15) is 9.65 Å². The summed E-state index contributed by atoms with van der Waals surface area (Å²) in [6.45, 7) is 8.75. The number of anilines is 3. The molecular formula is C31H34Cl2FN11. The zero-order valence-electron chi connectivity index (χ0n) is 25.4. The van der Waals surface area contributed by atoms with E-state index >= 15 is 0 Å². The van der Waals surface area contributed by atoms with Crippen molar-refractivity contribution in [3.8, 4) is 6.07 Å². The van der Waals surface area contributed by atoms with Crippen LogP contribution in [-0.4, -0.2) is 55.6 Å². The van der Waals surface area contributed by atoms with Crippen molar-refractivity contribution in [3.05, 3.63) is 81.7 Å². The average molecular weight is 651 g/mol. The maximum Gasteiger partial charge on any atom is 0.141 e. The summed E-state index contributed by atoms with van der Waals surface area (Å²) >= 11 is 12.8. The van der Waals surface area contributed by atoms with Crippen LogP contribution in [0.15, 0.2) is 54.6 Å². The number of hydrazine groups is 2. The van der Waals surface area contributed by atoms with Crippen LogP contribution >= 0.6 is 23.2 Å². The number of likely N-dealkylation sites (tertiary alicyclic amines) is 1. The lowest BCUT2D eigenvalue weighted by atomic mass is 9.98. The molecule has 2 aliphatic heterocycles. The Morgan fingerprint density at radius 2 is 1.87 bits per heavy atom. The summed E-state index contributed by atoms with van der Waals surface area (Å²) in [6, 6.07) is 9.95. The molecule has 234 valence electrons. The molecule has 1 fully saturated rings. The number of fused-ring (bicyclic) bond motifs is 1. The molecule has 4 N–H and O–H groups in total. The summed E-state index contributed by atoms with van der Waals surface area (Å²) in [5.74, 6) is -0.537. The highest BCUT2D eigenvalue weighted by atomic mass is 35.5. The van der Waals surface area contributed by atoms with Crippen LogP contribution in [0.25, 0.3) is 10.9 Å². The molecule has 0 spiro atoms. The summed E-state index contributed by atoms with van der Waals surface area (Å²) < 4.78 is 15.8. The second kappa shape index (κ2) is 12.3. The lowest BCUT2D eigenvalue weighted by Gasteiger charge is -2.40. The van der Waals surface area contributed by atoms with Gasteiger partial charge < -0.3 is 16.1 Å². The van der Waals surface area contributed by atoms with Gasteiger partial charge in [0, 0.05) is 54.8 Å². The predicted molar refractivity (Wildman–Crippen MR) is 174 cm³/mol. The molecule has 2 aromatic heterocycles. The van der Waals surface area contributed by atoms with Crippen molar-refractivity contribution in [1.29, 1.82) is 5.26 Å². The van der Waals surface area contributed by atoms with E-state index in [-0.39, 0.29) is 16.6 Å². The van der Waals surface area contributed by atoms with Gasteiger partial charge in [0.1, 0.15) is 23.6 Å². The molecule has 0 aliphatic carbocycles. The zero-order chi connectivity index (χ0) is 31.9. The molecule has 2 aliphatic rings. The number of aromatic nitrogens is 4. The standard InChI is InChI=1S/C31H34Cl2FN11/c1-31(2,3)44-9-7-21(8-10-44)45-17-27(40-42-45)30(26-16-43(4)41-39-26)38-20-11-22-28(37-19-5-6-25(34)23(32)12-19)18(14-35)15-36-29(22)24(33)13-20/h5-6,11-13,15-17,21,30,38-39,41H,7-10H2,1-4H3,(H,36,37). The molecule has 0 bridgehead atoms. The highest BCUT2D eigenvalue weighted by Gasteiger charge is 2.30. The first-order chi connectivity index (χ1) is 21.5. The van der Waals surface area contributed by atoms with Gasteiger partial charge >= 0.3 is 0 Å². The molecule has 14 heteroatoms. The van der Waals surface area contributed by atoms with Crippen molar-refractivity contribution in [2.45, 2.75) is 51.2 Å². The van der Waals surface area contributed by atoms with E-state index < -0.39 is 11.9 Å². The number of pyridine rings is 1. The minimum absolute atomic E-state index is 0.0381. The van der Waals surface area contributed by atoms with E-state index in [0.717, 1.165) is 37.3 Å². The maximum atomic E-state index is 13.8. The van der Waals surface area contributed by atoms with Crippen LogP contribution < -0.4 is 21.6 Å². The van der Waals surface area contributed by atoms with Crippen molar-refractivity contribution >= 4 is 51.2 Å². The lowest BCUT2D eigenvalue weighted by Crippen LogP contribution is -2.46. The van der Waals surface area contributed by atoms with Gasteiger partial charge in [0.05, 0.1) is 44.7 Å². The van der Waals surface area contributed by atoms with Gasteiger partial charge in [0.2, 0.25) is 0 Å². The van der Waals surface area contributed by atoms with Gasteiger partial charge in [-0.15, -0.1) is 10.6 Å². The Morgan fingerprint density at radius 1 is 1.11 bits per heavy atom. The Balaban J connectivity index is 1.34. The maximum absolute atomic E-state index is 13.8. The molecule has 6 rings (SSSR count). The summed E-state index contributed by atoms with van der Waals surface area (Å²) in [5, 5.41) is 28.6. The molecule has 0 radical (unpaired) electrons. The van der Waals surface area contributed by atoms with E-state index in [1.54, 1.807) is 12.1 Å². The molecule has 0 amide bonds. The van der Waals surface area contributed by atoms with Gasteiger partial charge in [-0.25, -0.2) is 9.07 Å². The molecule has 1 atom stereocenters. The predicted octanol–water partition coefficient (Wildman–Crippen LogP) is 6.27. The summed E-state index contributed by atoms with van der Waals surface area (Å²) in [4.78, 5) is 6.95. The third kappa shape index (κ3) is 6.48. The molecule has 4 aromatic rings. The number of benzene rings is 2. The normalized spacial score (nSPS) is 16.8. The van der Waals surface area contributed by atoms with Crippen LogP contribution in [0.4, 0.5) is 21.5 Å². The lowest BCUT2D eigenvalue weighted by molar-refractivity contribution is 0.0866. The third-order valence-electron chi connectivity index (χ3n) is 8.18. The highest BCUT2D eigenvalue weighted by Crippen LogP contribution is 2.37. The fourth-order valence-electron chi connectivity index (χ4n) is 5.73. The van der Waals surface area contributed by atoms with Crippen LogP contribution in [0, 0.1) is 17.1 Å². The van der Waals surface area contributed by atoms with Crippen LogP contribution in [0.3, 0.4) is 0 Å². The second-order valence-electron chi connectivity index (χ2n) is 12.3. The molecule has 4 heterocycles. The van der Waals surface area contributed by atoms with Crippen molar-refractivity contribution in [2.75, 3.05) is 30.8 Å². The molecular weight excluding hydrogens is 616 g/mol. The van der Waals surface area contributed by atoms with Crippen LogP contribution in [0.5, 0.6) is 0 Å². The zero-order valence-corrected chi connectivity index (χ0v) is 26.9. The molecule has 1 saturated heterocycles. The van der Waals surface area contributed by atoms with Crippen molar-refractivity contribution in [3.63, 3.8) is 0 Å². The number of piperidine rings is 1. The second-order valence-corrected chi connectivity index (χ2v) is 13.1. The number of nitriles is 1. The fourth-order valence-corrected chi connectivity index (χ4v) is 6.18. The fraction of sp³-hybridized carbons (Fsp3) is 0.355. The quantitative estimate of drug-likeness (QED) is 0.182. The summed E-state index contributed by atoms with van der Waals surface area (Å²) in [7, 11) is 1.89. The Bertz CT molecular complexity index is 1800. The largest absolute Gasteiger partial charge is 0.371 e. The Hall–Kier alpha value is -4.15. The summed E-state index contributed by atoms with van der Waals surface area (Å²) in [5.41, 5.74) is 10.4. The molecule has 2 aromatic carbocycles. The van der Waals surface area contributed by atoms with Gasteiger partial charge in [-0.3, -0.25) is 14.9 Å². The van der Waals surface area contributed by atoms with Crippen molar-refractivity contribution < 1.29 is 4.39 Å². The van der Waals surface area contributed by atoms with E-state index in [1.807, 2.05) is 35.2 Å². The SMILES string of the molecule is CN1C=C(C(Nc2cc(Cl)c3ncc(C#N)c(Nc4ccc(F)c(Cl)c4)c3c2)c2cn(C3CCN(C(C)(C)C)CC3)nn2)NN1. The van der Waals surface area contributed by atoms with Crippen LogP contribution in [-0.2, 0) is 0 Å². The first-order valence-corrected chi connectivity index (χ1v) is 15.4. The topological polar surface area (TPSA) is 122 Å². The molecule has 45 heavy (non-hydrogen) atoms. The van der Waals surface area contributed by atoms with Crippen LogP contribution in [0.1, 0.15) is 57.0 Å².